The Labute approximate surface area is 282 Å². The number of methoxy groups -OCH3 is 1. The van der Waals surface area contributed by atoms with E-state index in [2.05, 4.69) is 9.97 Å². The quantitative estimate of drug-likeness (QED) is 0.186. The van der Waals surface area contributed by atoms with Gasteiger partial charge in [-0.1, -0.05) is 17.7 Å². The van der Waals surface area contributed by atoms with Gasteiger partial charge in [-0.25, -0.2) is 32.7 Å². The number of aromatic carboxylic acids is 1. The van der Waals surface area contributed by atoms with Crippen molar-refractivity contribution in [3.05, 3.63) is 94.1 Å². The largest absolute Gasteiger partial charge is 0.496 e. The number of carbonyl (C=O) groups excluding carboxylic acids is 1. The van der Waals surface area contributed by atoms with E-state index < -0.39 is 60.8 Å². The fourth-order valence-electron chi connectivity index (χ4n) is 6.26. The molecule has 1 amide bonds. The topological polar surface area (TPSA) is 105 Å². The molecule has 2 fully saturated rings. The zero-order valence-corrected chi connectivity index (χ0v) is 27.1. The van der Waals surface area contributed by atoms with Crippen molar-refractivity contribution in [1.82, 2.24) is 14.9 Å². The first-order chi connectivity index (χ1) is 23.5. The Hall–Kier alpha value is -5.34. The monoisotopic (exact) mass is 700 g/mol. The number of rotatable bonds is 8. The molecule has 0 unspecified atom stereocenters. The van der Waals surface area contributed by atoms with E-state index >= 15 is 4.39 Å². The van der Waals surface area contributed by atoms with Gasteiger partial charge in [-0.2, -0.15) is 13.2 Å². The highest BCUT2D eigenvalue weighted by Gasteiger charge is 2.46. The number of cyclic esters (lactones) is 1. The first kappa shape index (κ1) is 34.5. The highest BCUT2D eigenvalue weighted by molar-refractivity contribution is 5.89. The smallest absolute Gasteiger partial charge is 0.416 e. The molecule has 1 aromatic heterocycles. The lowest BCUT2D eigenvalue weighted by molar-refractivity contribution is -0.137. The summed E-state index contributed by atoms with van der Waals surface area (Å²) in [5.74, 6) is -4.79. The molecule has 2 aliphatic heterocycles. The van der Waals surface area contributed by atoms with Crippen molar-refractivity contribution < 1.29 is 50.5 Å². The highest BCUT2D eigenvalue weighted by Crippen LogP contribution is 2.42. The summed E-state index contributed by atoms with van der Waals surface area (Å²) < 4.78 is 95.1. The summed E-state index contributed by atoms with van der Waals surface area (Å²) in [5, 5.41) is 9.39. The maximum atomic E-state index is 15.6. The zero-order valence-electron chi connectivity index (χ0n) is 27.1. The third-order valence-corrected chi connectivity index (χ3v) is 8.79. The second kappa shape index (κ2) is 12.5. The Kier molecular flexibility index (Phi) is 8.64. The van der Waals surface area contributed by atoms with Crippen LogP contribution in [-0.4, -0.2) is 64.2 Å². The Morgan fingerprint density at radius 1 is 1.04 bits per heavy atom. The van der Waals surface area contributed by atoms with Gasteiger partial charge in [0.25, 0.3) is 5.92 Å². The SMILES string of the molecule is COc1cc(F)c(-c2ccc(C(=O)O)cc2C)cc1-c1cnc(N2CC(F)(F)C2)nc1CN1C(=O)O[C@H](c2cc(C)cc(C(F)(F)F)c2)[C@@H]1C. The number of amides is 1. The average molecular weight is 701 g/mol. The standard InChI is InChI=1S/C35H30F6N4O5/c1-17-7-21(10-22(8-17)35(39,40)41)30-19(3)45(33(48)50-30)14-28-26(13-42-32(43-28)44-15-34(37,38)16-44)25-11-24(27(36)12-29(25)49-4)23-6-5-20(31(46)47)9-18(23)2/h5-13,19,30H,14-16H2,1-4H3,(H,46,47)/t19-,30-/m0/s1. The van der Waals surface area contributed by atoms with E-state index in [0.29, 0.717) is 16.7 Å². The van der Waals surface area contributed by atoms with E-state index in [0.717, 1.165) is 18.2 Å². The minimum Gasteiger partial charge on any atom is -0.496 e. The molecule has 15 heteroatoms. The van der Waals surface area contributed by atoms with Crippen LogP contribution in [0.5, 0.6) is 5.75 Å². The first-order valence-corrected chi connectivity index (χ1v) is 15.3. The van der Waals surface area contributed by atoms with Crippen molar-refractivity contribution in [1.29, 1.82) is 0 Å². The van der Waals surface area contributed by atoms with Crippen LogP contribution in [0.2, 0.25) is 0 Å². The second-order valence-electron chi connectivity index (χ2n) is 12.4. The van der Waals surface area contributed by atoms with Crippen molar-refractivity contribution in [3.63, 3.8) is 0 Å². The second-order valence-corrected chi connectivity index (χ2v) is 12.4. The van der Waals surface area contributed by atoms with E-state index in [1.54, 1.807) is 13.8 Å². The Morgan fingerprint density at radius 2 is 1.76 bits per heavy atom. The van der Waals surface area contributed by atoms with Gasteiger partial charge in [0.1, 0.15) is 17.7 Å². The summed E-state index contributed by atoms with van der Waals surface area (Å²) in [6.45, 7) is 3.16. The third-order valence-electron chi connectivity index (χ3n) is 8.79. The maximum absolute atomic E-state index is 15.6. The van der Waals surface area contributed by atoms with Gasteiger partial charge in [-0.3, -0.25) is 4.90 Å². The van der Waals surface area contributed by atoms with Crippen LogP contribution in [0, 0.1) is 19.7 Å². The van der Waals surface area contributed by atoms with Gasteiger partial charge < -0.3 is 19.5 Å². The van der Waals surface area contributed by atoms with Crippen LogP contribution in [0.4, 0.5) is 37.1 Å². The van der Waals surface area contributed by atoms with E-state index in [1.807, 2.05) is 0 Å². The van der Waals surface area contributed by atoms with Gasteiger partial charge >= 0.3 is 18.2 Å². The summed E-state index contributed by atoms with van der Waals surface area (Å²) in [6, 6.07) is 9.40. The van der Waals surface area contributed by atoms with E-state index in [-0.39, 0.29) is 51.8 Å². The van der Waals surface area contributed by atoms with Gasteiger partial charge in [0.2, 0.25) is 5.95 Å². The van der Waals surface area contributed by atoms with Crippen molar-refractivity contribution in [2.24, 2.45) is 0 Å². The van der Waals surface area contributed by atoms with Crippen molar-refractivity contribution >= 4 is 18.0 Å². The predicted octanol–water partition coefficient (Wildman–Crippen LogP) is 7.83. The number of aryl methyl sites for hydroxylation is 2. The average Bonchev–Trinajstić information content (AvgIpc) is 3.31. The number of aromatic nitrogens is 2. The van der Waals surface area contributed by atoms with Crippen molar-refractivity contribution in [3.8, 4) is 28.0 Å². The number of carbonyl (C=O) groups is 2. The number of ether oxygens (including phenoxy) is 2. The van der Waals surface area contributed by atoms with Gasteiger partial charge in [0.05, 0.1) is 49.6 Å². The molecule has 262 valence electrons. The van der Waals surface area contributed by atoms with Gasteiger partial charge in [-0.15, -0.1) is 0 Å². The fraction of sp³-hybridized carbons (Fsp3) is 0.314. The van der Waals surface area contributed by atoms with Gasteiger partial charge in [0, 0.05) is 29.0 Å². The van der Waals surface area contributed by atoms with Crippen LogP contribution >= 0.6 is 0 Å². The summed E-state index contributed by atoms with van der Waals surface area (Å²) in [7, 11) is 1.31. The molecule has 0 aliphatic carbocycles. The van der Waals surface area contributed by atoms with Crippen LogP contribution in [0.15, 0.2) is 54.7 Å². The molecular formula is C35H30F6N4O5. The predicted molar refractivity (Wildman–Crippen MR) is 169 cm³/mol. The number of nitrogens with zero attached hydrogens (tertiary/aromatic N) is 4. The maximum Gasteiger partial charge on any atom is 0.416 e. The normalized spacial score (nSPS) is 18.6. The number of benzene rings is 3. The molecular weight excluding hydrogens is 670 g/mol. The molecule has 2 saturated heterocycles. The minimum atomic E-state index is -4.63. The van der Waals surface area contributed by atoms with Crippen molar-refractivity contribution in [2.75, 3.05) is 25.1 Å². The summed E-state index contributed by atoms with van der Waals surface area (Å²) in [6.07, 6.45) is -5.21. The molecule has 3 heterocycles. The molecule has 0 radical (unpaired) electrons. The molecule has 0 saturated carbocycles. The third kappa shape index (κ3) is 6.51. The van der Waals surface area contributed by atoms with Crippen LogP contribution in [0.3, 0.4) is 0 Å². The molecule has 9 nitrogen and oxygen atoms in total. The van der Waals surface area contributed by atoms with E-state index in [4.69, 9.17) is 9.47 Å². The number of anilines is 1. The van der Waals surface area contributed by atoms with E-state index in [9.17, 15) is 36.6 Å². The Balaban J connectivity index is 1.43. The minimum absolute atomic E-state index is 0.00783. The molecule has 2 aliphatic rings. The zero-order chi connectivity index (χ0) is 36.3. The Bertz CT molecular complexity index is 2010. The van der Waals surface area contributed by atoms with Crippen LogP contribution in [0.25, 0.3) is 22.3 Å². The Morgan fingerprint density at radius 3 is 2.38 bits per heavy atom. The number of halogens is 6. The molecule has 0 spiro atoms. The fourth-order valence-corrected chi connectivity index (χ4v) is 6.26. The lowest BCUT2D eigenvalue weighted by Gasteiger charge is -2.38. The molecule has 50 heavy (non-hydrogen) atoms. The van der Waals surface area contributed by atoms with Gasteiger partial charge in [-0.05, 0) is 67.8 Å². The molecule has 4 aromatic rings. The number of alkyl halides is 5. The number of hydrogen-bond donors (Lipinski definition) is 1. The lowest BCUT2D eigenvalue weighted by Crippen LogP contribution is -2.57. The molecule has 6 rings (SSSR count). The van der Waals surface area contributed by atoms with Crippen LogP contribution in [0.1, 0.15) is 51.3 Å². The van der Waals surface area contributed by atoms with Gasteiger partial charge in [0.15, 0.2) is 0 Å². The molecule has 1 N–H and O–H groups in total. The summed E-state index contributed by atoms with van der Waals surface area (Å²) in [4.78, 5) is 36.1. The lowest BCUT2D eigenvalue weighted by atomic mass is 9.93. The first-order valence-electron chi connectivity index (χ1n) is 15.3. The number of carboxylic acids is 1. The van der Waals surface area contributed by atoms with Crippen LogP contribution in [-0.2, 0) is 17.5 Å². The molecule has 3 aromatic carbocycles. The number of hydrogen-bond acceptors (Lipinski definition) is 7. The highest BCUT2D eigenvalue weighted by atomic mass is 19.4. The summed E-state index contributed by atoms with van der Waals surface area (Å²) >= 11 is 0. The van der Waals surface area contributed by atoms with Crippen LogP contribution < -0.4 is 9.64 Å². The molecule has 0 bridgehead atoms. The summed E-state index contributed by atoms with van der Waals surface area (Å²) in [5.41, 5.74) is 1.17. The number of carboxylic acid groups (broad SMARTS) is 1. The van der Waals surface area contributed by atoms with E-state index in [1.165, 1.54) is 60.4 Å². The molecule has 2 atom stereocenters. The van der Waals surface area contributed by atoms with Crippen molar-refractivity contribution in [2.45, 2.75) is 51.6 Å².